The summed E-state index contributed by atoms with van der Waals surface area (Å²) in [6.07, 6.45) is 2.29. The first kappa shape index (κ1) is 8.11. The predicted octanol–water partition coefficient (Wildman–Crippen LogP) is 2.16. The summed E-state index contributed by atoms with van der Waals surface area (Å²) in [4.78, 5) is 0. The Morgan fingerprint density at radius 1 is 1.73 bits per heavy atom. The van der Waals surface area contributed by atoms with E-state index in [9.17, 15) is 0 Å². The van der Waals surface area contributed by atoms with Crippen LogP contribution in [-0.2, 0) is 0 Å². The quantitative estimate of drug-likeness (QED) is 0.725. The highest BCUT2D eigenvalue weighted by Crippen LogP contribution is 2.20. The minimum atomic E-state index is 0.406. The SMILES string of the molecule is CCC[C@@H](C)c1cc(N)on1. The molecule has 2 N–H and O–H groups in total. The maximum Gasteiger partial charge on any atom is 0.222 e. The summed E-state index contributed by atoms with van der Waals surface area (Å²) in [5.41, 5.74) is 6.35. The molecular weight excluding hydrogens is 140 g/mol. The van der Waals surface area contributed by atoms with Crippen molar-refractivity contribution in [2.45, 2.75) is 32.6 Å². The highest BCUT2D eigenvalue weighted by molar-refractivity contribution is 5.25. The van der Waals surface area contributed by atoms with Crippen LogP contribution in [-0.4, -0.2) is 5.16 Å². The molecule has 0 spiro atoms. The lowest BCUT2D eigenvalue weighted by atomic mass is 10.0. The van der Waals surface area contributed by atoms with E-state index in [1.807, 2.05) is 0 Å². The van der Waals surface area contributed by atoms with Gasteiger partial charge in [-0.3, -0.25) is 0 Å². The summed E-state index contributed by atoms with van der Waals surface area (Å²) >= 11 is 0. The number of aromatic nitrogens is 1. The van der Waals surface area contributed by atoms with Crippen molar-refractivity contribution in [3.63, 3.8) is 0 Å². The Kier molecular flexibility index (Phi) is 2.52. The molecule has 62 valence electrons. The third kappa shape index (κ3) is 1.97. The molecule has 0 saturated carbocycles. The molecule has 11 heavy (non-hydrogen) atoms. The van der Waals surface area contributed by atoms with E-state index in [1.165, 1.54) is 0 Å². The van der Waals surface area contributed by atoms with Gasteiger partial charge in [0.2, 0.25) is 5.88 Å². The van der Waals surface area contributed by atoms with Crippen LogP contribution < -0.4 is 5.73 Å². The van der Waals surface area contributed by atoms with Crippen molar-refractivity contribution >= 4 is 5.88 Å². The van der Waals surface area contributed by atoms with Crippen molar-refractivity contribution in [1.82, 2.24) is 5.16 Å². The third-order valence-electron chi connectivity index (χ3n) is 1.77. The average Bonchev–Trinajstić information content (AvgIpc) is 2.36. The van der Waals surface area contributed by atoms with Gasteiger partial charge in [0.05, 0.1) is 5.69 Å². The van der Waals surface area contributed by atoms with Crippen molar-refractivity contribution in [3.8, 4) is 0 Å². The number of nitrogens with zero attached hydrogens (tertiary/aromatic N) is 1. The van der Waals surface area contributed by atoms with Gasteiger partial charge in [-0.1, -0.05) is 25.4 Å². The Balaban J connectivity index is 2.60. The summed E-state index contributed by atoms with van der Waals surface area (Å²) in [6, 6.07) is 1.79. The summed E-state index contributed by atoms with van der Waals surface area (Å²) in [5, 5.41) is 3.83. The van der Waals surface area contributed by atoms with Crippen LogP contribution in [0.2, 0.25) is 0 Å². The molecule has 0 saturated heterocycles. The lowest BCUT2D eigenvalue weighted by molar-refractivity contribution is 0.419. The van der Waals surface area contributed by atoms with E-state index < -0.39 is 0 Å². The number of anilines is 1. The first-order valence-electron chi connectivity index (χ1n) is 3.96. The molecule has 0 aliphatic heterocycles. The smallest absolute Gasteiger partial charge is 0.222 e. The van der Waals surface area contributed by atoms with E-state index >= 15 is 0 Å². The first-order chi connectivity index (χ1) is 5.24. The second kappa shape index (κ2) is 3.42. The van der Waals surface area contributed by atoms with Crippen molar-refractivity contribution in [3.05, 3.63) is 11.8 Å². The predicted molar refractivity (Wildman–Crippen MR) is 44.2 cm³/mol. The van der Waals surface area contributed by atoms with Crippen LogP contribution in [0.1, 0.15) is 38.3 Å². The molecule has 0 fully saturated rings. The Morgan fingerprint density at radius 2 is 2.45 bits per heavy atom. The molecule has 0 bridgehead atoms. The van der Waals surface area contributed by atoms with Crippen LogP contribution in [0.25, 0.3) is 0 Å². The molecule has 1 aromatic rings. The lowest BCUT2D eigenvalue weighted by Gasteiger charge is -2.02. The van der Waals surface area contributed by atoms with Crippen LogP contribution in [0.3, 0.4) is 0 Å². The molecule has 0 amide bonds. The monoisotopic (exact) mass is 154 g/mol. The Bertz CT molecular complexity index is 220. The maximum absolute atomic E-state index is 5.38. The lowest BCUT2D eigenvalue weighted by Crippen LogP contribution is -1.91. The van der Waals surface area contributed by atoms with Crippen LogP contribution in [0.4, 0.5) is 5.88 Å². The summed E-state index contributed by atoms with van der Waals surface area (Å²) in [6.45, 7) is 4.28. The van der Waals surface area contributed by atoms with Gasteiger partial charge >= 0.3 is 0 Å². The molecule has 1 atom stereocenters. The Hall–Kier alpha value is -0.990. The number of hydrogen-bond donors (Lipinski definition) is 1. The zero-order valence-corrected chi connectivity index (χ0v) is 7.00. The van der Waals surface area contributed by atoms with Crippen molar-refractivity contribution < 1.29 is 4.52 Å². The van der Waals surface area contributed by atoms with E-state index in [4.69, 9.17) is 10.3 Å². The fourth-order valence-corrected chi connectivity index (χ4v) is 1.12. The number of rotatable bonds is 3. The molecule has 0 aromatic carbocycles. The zero-order valence-electron chi connectivity index (χ0n) is 7.00. The van der Waals surface area contributed by atoms with Gasteiger partial charge in [-0.15, -0.1) is 0 Å². The van der Waals surface area contributed by atoms with Gasteiger partial charge < -0.3 is 10.3 Å². The van der Waals surface area contributed by atoms with Crippen LogP contribution in [0.15, 0.2) is 10.6 Å². The Labute approximate surface area is 66.6 Å². The third-order valence-corrected chi connectivity index (χ3v) is 1.77. The van der Waals surface area contributed by atoms with E-state index in [-0.39, 0.29) is 0 Å². The number of hydrogen-bond acceptors (Lipinski definition) is 3. The average molecular weight is 154 g/mol. The van der Waals surface area contributed by atoms with Gasteiger partial charge in [0.15, 0.2) is 0 Å². The number of nitrogen functional groups attached to an aromatic ring is 1. The number of nitrogens with two attached hydrogens (primary N) is 1. The van der Waals surface area contributed by atoms with E-state index in [0.29, 0.717) is 11.8 Å². The molecule has 0 aliphatic carbocycles. The van der Waals surface area contributed by atoms with E-state index in [0.717, 1.165) is 18.5 Å². The molecule has 0 aliphatic rings. The van der Waals surface area contributed by atoms with Crippen molar-refractivity contribution in [2.24, 2.45) is 0 Å². The summed E-state index contributed by atoms with van der Waals surface area (Å²) in [7, 11) is 0. The highest BCUT2D eigenvalue weighted by Gasteiger charge is 2.08. The molecule has 3 heteroatoms. The van der Waals surface area contributed by atoms with E-state index in [2.05, 4.69) is 19.0 Å². The van der Waals surface area contributed by atoms with Gasteiger partial charge in [-0.25, -0.2) is 0 Å². The van der Waals surface area contributed by atoms with Gasteiger partial charge in [0, 0.05) is 12.0 Å². The van der Waals surface area contributed by atoms with Gasteiger partial charge in [-0.05, 0) is 6.42 Å². The van der Waals surface area contributed by atoms with Crippen LogP contribution >= 0.6 is 0 Å². The topological polar surface area (TPSA) is 52.0 Å². The molecule has 0 unspecified atom stereocenters. The van der Waals surface area contributed by atoms with Crippen molar-refractivity contribution in [2.75, 3.05) is 5.73 Å². The molecule has 3 nitrogen and oxygen atoms in total. The van der Waals surface area contributed by atoms with Gasteiger partial charge in [0.1, 0.15) is 0 Å². The molecular formula is C8H14N2O. The van der Waals surface area contributed by atoms with Crippen LogP contribution in [0.5, 0.6) is 0 Å². The van der Waals surface area contributed by atoms with Gasteiger partial charge in [-0.2, -0.15) is 0 Å². The zero-order chi connectivity index (χ0) is 8.27. The minimum Gasteiger partial charge on any atom is -0.368 e. The standard InChI is InChI=1S/C8H14N2O/c1-3-4-6(2)7-5-8(9)11-10-7/h5-6H,3-4,9H2,1-2H3/t6-/m1/s1. The first-order valence-corrected chi connectivity index (χ1v) is 3.96. The summed E-state index contributed by atoms with van der Waals surface area (Å²) < 4.78 is 4.76. The normalized spacial score (nSPS) is 13.3. The Morgan fingerprint density at radius 3 is 2.91 bits per heavy atom. The molecule has 1 aromatic heterocycles. The second-order valence-corrected chi connectivity index (χ2v) is 2.84. The molecule has 1 heterocycles. The summed E-state index contributed by atoms with van der Waals surface area (Å²) in [5.74, 6) is 0.865. The molecule has 0 radical (unpaired) electrons. The highest BCUT2D eigenvalue weighted by atomic mass is 16.5. The van der Waals surface area contributed by atoms with Crippen molar-refractivity contribution in [1.29, 1.82) is 0 Å². The van der Waals surface area contributed by atoms with Gasteiger partial charge in [0.25, 0.3) is 0 Å². The molecule has 1 rings (SSSR count). The fraction of sp³-hybridized carbons (Fsp3) is 0.625. The fourth-order valence-electron chi connectivity index (χ4n) is 1.12. The maximum atomic E-state index is 5.38. The van der Waals surface area contributed by atoms with E-state index in [1.54, 1.807) is 6.07 Å². The second-order valence-electron chi connectivity index (χ2n) is 2.84. The largest absolute Gasteiger partial charge is 0.368 e. The minimum absolute atomic E-state index is 0.406. The van der Waals surface area contributed by atoms with Crippen LogP contribution in [0, 0.1) is 0 Å².